The predicted octanol–water partition coefficient (Wildman–Crippen LogP) is -0.597. The van der Waals surface area contributed by atoms with Crippen molar-refractivity contribution in [2.45, 2.75) is 13.0 Å². The van der Waals surface area contributed by atoms with E-state index < -0.39 is 0 Å². The fourth-order valence-corrected chi connectivity index (χ4v) is 1.34. The van der Waals surface area contributed by atoms with Crippen LogP contribution in [0.25, 0.3) is 0 Å². The molecule has 0 atom stereocenters. The number of aromatic amines is 1. The van der Waals surface area contributed by atoms with Crippen LogP contribution in [0.5, 0.6) is 0 Å². The van der Waals surface area contributed by atoms with Crippen molar-refractivity contribution < 1.29 is 4.79 Å². The number of carbonyl (C=O) groups is 1. The van der Waals surface area contributed by atoms with Crippen molar-refractivity contribution in [3.05, 3.63) is 24.5 Å². The highest BCUT2D eigenvalue weighted by molar-refractivity contribution is 5.90. The summed E-state index contributed by atoms with van der Waals surface area (Å²) in [6, 6.07) is 0. The van der Waals surface area contributed by atoms with Crippen molar-refractivity contribution in [1.29, 1.82) is 0 Å². The zero-order chi connectivity index (χ0) is 12.1. The van der Waals surface area contributed by atoms with Crippen LogP contribution in [0.15, 0.2) is 18.7 Å². The molecule has 90 valence electrons. The number of nitrogens with two attached hydrogens (primary N) is 1. The molecule has 0 radical (unpaired) electrons. The first-order valence-corrected chi connectivity index (χ1v) is 5.17. The minimum atomic E-state index is -0.306. The number of H-pyrrole nitrogens is 1. The zero-order valence-corrected chi connectivity index (χ0v) is 9.13. The predicted molar refractivity (Wildman–Crippen MR) is 60.0 cm³/mol. The highest BCUT2D eigenvalue weighted by atomic mass is 16.2. The molecule has 0 aromatic carbocycles. The van der Waals surface area contributed by atoms with Crippen molar-refractivity contribution in [3.8, 4) is 0 Å². The third-order valence-corrected chi connectivity index (χ3v) is 2.16. The van der Waals surface area contributed by atoms with Gasteiger partial charge in [0.25, 0.3) is 5.91 Å². The standard InChI is InChI=1S/C9H13N7O/c10-9-13-7(14-15-9)8(17)12-2-1-4-16-5-3-11-6-16/h3,5-6H,1-2,4H2,(H,12,17)(H3,10,13,14,15). The Bertz CT molecular complexity index is 475. The molecule has 0 saturated carbocycles. The van der Waals surface area contributed by atoms with Crippen LogP contribution >= 0.6 is 0 Å². The molecule has 2 rings (SSSR count). The van der Waals surface area contributed by atoms with E-state index in [0.29, 0.717) is 6.54 Å². The van der Waals surface area contributed by atoms with Gasteiger partial charge in [0.05, 0.1) is 6.33 Å². The molecule has 0 aliphatic carbocycles. The first kappa shape index (κ1) is 11.1. The molecule has 8 nitrogen and oxygen atoms in total. The maximum absolute atomic E-state index is 11.5. The lowest BCUT2D eigenvalue weighted by atomic mass is 10.4. The summed E-state index contributed by atoms with van der Waals surface area (Å²) in [5.41, 5.74) is 5.29. The molecule has 2 aromatic rings. The van der Waals surface area contributed by atoms with Gasteiger partial charge < -0.3 is 15.6 Å². The number of hydrogen-bond donors (Lipinski definition) is 3. The van der Waals surface area contributed by atoms with Crippen LogP contribution in [0.1, 0.15) is 17.0 Å². The Labute approximate surface area is 97.3 Å². The van der Waals surface area contributed by atoms with Crippen molar-refractivity contribution >= 4 is 11.9 Å². The number of nitrogen functional groups attached to an aromatic ring is 1. The lowest BCUT2D eigenvalue weighted by Gasteiger charge is -2.03. The smallest absolute Gasteiger partial charge is 0.288 e. The van der Waals surface area contributed by atoms with E-state index in [9.17, 15) is 4.79 Å². The average molecular weight is 235 g/mol. The fraction of sp³-hybridized carbons (Fsp3) is 0.333. The molecule has 8 heteroatoms. The van der Waals surface area contributed by atoms with Gasteiger partial charge in [-0.15, -0.1) is 5.10 Å². The zero-order valence-electron chi connectivity index (χ0n) is 9.13. The van der Waals surface area contributed by atoms with E-state index in [-0.39, 0.29) is 17.7 Å². The molecule has 0 fully saturated rings. The minimum absolute atomic E-state index is 0.0635. The number of nitrogens with zero attached hydrogens (tertiary/aromatic N) is 4. The maximum atomic E-state index is 11.5. The van der Waals surface area contributed by atoms with E-state index in [4.69, 9.17) is 5.73 Å². The van der Waals surface area contributed by atoms with E-state index in [1.807, 2.05) is 10.8 Å². The molecule has 0 spiro atoms. The van der Waals surface area contributed by atoms with E-state index >= 15 is 0 Å². The topological polar surface area (TPSA) is 115 Å². The number of nitrogens with one attached hydrogen (secondary N) is 2. The third-order valence-electron chi connectivity index (χ3n) is 2.16. The summed E-state index contributed by atoms with van der Waals surface area (Å²) in [7, 11) is 0. The summed E-state index contributed by atoms with van der Waals surface area (Å²) >= 11 is 0. The van der Waals surface area contributed by atoms with Gasteiger partial charge in [-0.25, -0.2) is 4.98 Å². The van der Waals surface area contributed by atoms with E-state index in [2.05, 4.69) is 25.5 Å². The lowest BCUT2D eigenvalue weighted by Crippen LogP contribution is -2.26. The van der Waals surface area contributed by atoms with Crippen molar-refractivity contribution in [2.75, 3.05) is 12.3 Å². The van der Waals surface area contributed by atoms with Crippen LogP contribution in [-0.4, -0.2) is 37.2 Å². The molecule has 4 N–H and O–H groups in total. The molecule has 0 aliphatic rings. The Kier molecular flexibility index (Phi) is 3.34. The molecule has 0 aliphatic heterocycles. The number of rotatable bonds is 5. The largest absolute Gasteiger partial charge is 0.366 e. The number of imidazole rings is 1. The van der Waals surface area contributed by atoms with Gasteiger partial charge >= 0.3 is 0 Å². The van der Waals surface area contributed by atoms with E-state index in [0.717, 1.165) is 13.0 Å². The molecule has 17 heavy (non-hydrogen) atoms. The lowest BCUT2D eigenvalue weighted by molar-refractivity contribution is 0.0943. The van der Waals surface area contributed by atoms with Crippen LogP contribution in [0.4, 0.5) is 5.95 Å². The van der Waals surface area contributed by atoms with Gasteiger partial charge in [0.2, 0.25) is 11.8 Å². The van der Waals surface area contributed by atoms with E-state index in [1.165, 1.54) is 0 Å². The quantitative estimate of drug-likeness (QED) is 0.599. The van der Waals surface area contributed by atoms with Crippen molar-refractivity contribution in [3.63, 3.8) is 0 Å². The number of carbonyl (C=O) groups excluding carboxylic acids is 1. The van der Waals surface area contributed by atoms with Gasteiger partial charge in [0.1, 0.15) is 0 Å². The Morgan fingerprint density at radius 1 is 1.59 bits per heavy atom. The first-order chi connectivity index (χ1) is 8.25. The number of aryl methyl sites for hydroxylation is 1. The normalized spacial score (nSPS) is 10.4. The maximum Gasteiger partial charge on any atom is 0.288 e. The monoisotopic (exact) mass is 235 g/mol. The third kappa shape index (κ3) is 3.03. The minimum Gasteiger partial charge on any atom is -0.366 e. The number of amides is 1. The molecule has 0 bridgehead atoms. The summed E-state index contributed by atoms with van der Waals surface area (Å²) in [6.07, 6.45) is 6.14. The summed E-state index contributed by atoms with van der Waals surface area (Å²) in [5.74, 6) is -0.112. The number of anilines is 1. The molecule has 0 saturated heterocycles. The summed E-state index contributed by atoms with van der Waals surface area (Å²) < 4.78 is 1.94. The van der Waals surface area contributed by atoms with Gasteiger partial charge in [0.15, 0.2) is 0 Å². The highest BCUT2D eigenvalue weighted by Gasteiger charge is 2.09. The van der Waals surface area contributed by atoms with Crippen LogP contribution in [-0.2, 0) is 6.54 Å². The number of hydrogen-bond acceptors (Lipinski definition) is 5. The molecule has 2 heterocycles. The van der Waals surface area contributed by atoms with Gasteiger partial charge in [-0.1, -0.05) is 0 Å². The van der Waals surface area contributed by atoms with Crippen LogP contribution in [0.2, 0.25) is 0 Å². The Balaban J connectivity index is 1.70. The second-order valence-electron chi connectivity index (χ2n) is 3.45. The summed E-state index contributed by atoms with van der Waals surface area (Å²) in [4.78, 5) is 19.1. The summed E-state index contributed by atoms with van der Waals surface area (Å²) in [5, 5.41) is 8.73. The van der Waals surface area contributed by atoms with Crippen LogP contribution in [0.3, 0.4) is 0 Å². The number of aromatic nitrogens is 5. The molecule has 2 aromatic heterocycles. The van der Waals surface area contributed by atoms with Gasteiger partial charge in [-0.2, -0.15) is 4.98 Å². The molecule has 0 unspecified atom stereocenters. The molecular formula is C9H13N7O. The Morgan fingerprint density at radius 3 is 3.12 bits per heavy atom. The first-order valence-electron chi connectivity index (χ1n) is 5.17. The van der Waals surface area contributed by atoms with Gasteiger partial charge in [-0.3, -0.25) is 9.89 Å². The van der Waals surface area contributed by atoms with Crippen molar-refractivity contribution in [1.82, 2.24) is 30.0 Å². The second-order valence-corrected chi connectivity index (χ2v) is 3.45. The van der Waals surface area contributed by atoms with Crippen LogP contribution < -0.4 is 11.1 Å². The van der Waals surface area contributed by atoms with Crippen LogP contribution in [0, 0.1) is 0 Å². The molecule has 1 amide bonds. The second kappa shape index (κ2) is 5.10. The van der Waals surface area contributed by atoms with Gasteiger partial charge in [0, 0.05) is 25.5 Å². The SMILES string of the molecule is Nc1n[nH]c(C(=O)NCCCn2ccnc2)n1. The Morgan fingerprint density at radius 2 is 2.47 bits per heavy atom. The Hall–Kier alpha value is -2.38. The fourth-order valence-electron chi connectivity index (χ4n) is 1.34. The van der Waals surface area contributed by atoms with Gasteiger partial charge in [-0.05, 0) is 6.42 Å². The molecular weight excluding hydrogens is 222 g/mol. The average Bonchev–Trinajstić information content (AvgIpc) is 2.95. The highest BCUT2D eigenvalue weighted by Crippen LogP contribution is 1.93. The van der Waals surface area contributed by atoms with E-state index in [1.54, 1.807) is 12.5 Å². The van der Waals surface area contributed by atoms with Crippen molar-refractivity contribution in [2.24, 2.45) is 0 Å². The summed E-state index contributed by atoms with van der Waals surface area (Å²) in [6.45, 7) is 1.36.